The van der Waals surface area contributed by atoms with Gasteiger partial charge >= 0.3 is 0 Å². The van der Waals surface area contributed by atoms with Gasteiger partial charge in [0.1, 0.15) is 6.04 Å². The largest absolute Gasteiger partial charge is 0.329 e. The van der Waals surface area contributed by atoms with E-state index in [-0.39, 0.29) is 11.8 Å². The Labute approximate surface area is 217 Å². The number of benzene rings is 1. The summed E-state index contributed by atoms with van der Waals surface area (Å²) < 4.78 is 0. The molecule has 1 saturated heterocycles. The van der Waals surface area contributed by atoms with Crippen LogP contribution in [0, 0.1) is 16.7 Å². The Morgan fingerprint density at radius 1 is 1.06 bits per heavy atom. The number of fused-ring (bicyclic) bond motifs is 1. The Morgan fingerprint density at radius 3 is 2.50 bits per heavy atom. The van der Waals surface area contributed by atoms with Crippen molar-refractivity contribution in [2.24, 2.45) is 16.7 Å². The summed E-state index contributed by atoms with van der Waals surface area (Å²) in [6.07, 6.45) is 11.4. The SMILES string of the molecule is C=C1CCC(N2Cc3cc(C[C@H]4CCCC[C@@H]4NC4CC(C)(C)CC(C)(C)C4)ccc3C2=O)C(=O)N1. The summed E-state index contributed by atoms with van der Waals surface area (Å²) in [4.78, 5) is 27.4. The van der Waals surface area contributed by atoms with E-state index in [1.54, 1.807) is 4.90 Å². The smallest absolute Gasteiger partial charge is 0.255 e. The van der Waals surface area contributed by atoms with Gasteiger partial charge in [0.25, 0.3) is 5.91 Å². The second-order valence-corrected chi connectivity index (χ2v) is 13.7. The fourth-order valence-corrected chi connectivity index (χ4v) is 8.08. The molecular weight excluding hydrogens is 446 g/mol. The highest BCUT2D eigenvalue weighted by Crippen LogP contribution is 2.46. The van der Waals surface area contributed by atoms with Gasteiger partial charge in [0.2, 0.25) is 5.91 Å². The first-order chi connectivity index (χ1) is 17.0. The first-order valence-corrected chi connectivity index (χ1v) is 14.2. The molecule has 0 bridgehead atoms. The minimum absolute atomic E-state index is 0.0102. The van der Waals surface area contributed by atoms with Crippen molar-refractivity contribution in [3.8, 4) is 0 Å². The maximum atomic E-state index is 13.1. The minimum atomic E-state index is -0.394. The van der Waals surface area contributed by atoms with Crippen molar-refractivity contribution >= 4 is 11.8 Å². The van der Waals surface area contributed by atoms with Crippen molar-refractivity contribution in [2.75, 3.05) is 0 Å². The molecule has 3 fully saturated rings. The molecule has 0 radical (unpaired) electrons. The van der Waals surface area contributed by atoms with E-state index in [1.165, 1.54) is 50.5 Å². The van der Waals surface area contributed by atoms with Crippen LogP contribution in [0.2, 0.25) is 0 Å². The summed E-state index contributed by atoms with van der Waals surface area (Å²) in [6.45, 7) is 14.1. The molecule has 3 atom stereocenters. The summed E-state index contributed by atoms with van der Waals surface area (Å²) in [5, 5.41) is 6.98. The third kappa shape index (κ3) is 5.41. The zero-order chi connectivity index (χ0) is 25.7. The normalized spacial score (nSPS) is 30.3. The molecular formula is C31H45N3O2. The second-order valence-electron chi connectivity index (χ2n) is 13.7. The predicted octanol–water partition coefficient (Wildman–Crippen LogP) is 5.73. The summed E-state index contributed by atoms with van der Waals surface area (Å²) in [5.41, 5.74) is 4.70. The van der Waals surface area contributed by atoms with Gasteiger partial charge in [0, 0.05) is 29.9 Å². The van der Waals surface area contributed by atoms with Gasteiger partial charge in [-0.15, -0.1) is 0 Å². The molecule has 196 valence electrons. The van der Waals surface area contributed by atoms with Crippen LogP contribution in [0.4, 0.5) is 0 Å². The summed E-state index contributed by atoms with van der Waals surface area (Å²) in [7, 11) is 0. The average Bonchev–Trinajstić information content (AvgIpc) is 3.08. The molecule has 2 aliphatic carbocycles. The number of nitrogens with zero attached hydrogens (tertiary/aromatic N) is 1. The van der Waals surface area contributed by atoms with Crippen molar-refractivity contribution in [3.63, 3.8) is 0 Å². The number of allylic oxidation sites excluding steroid dienone is 1. The number of rotatable bonds is 5. The molecule has 36 heavy (non-hydrogen) atoms. The van der Waals surface area contributed by atoms with Crippen LogP contribution in [0.25, 0.3) is 0 Å². The van der Waals surface area contributed by atoms with Crippen molar-refractivity contribution < 1.29 is 9.59 Å². The van der Waals surface area contributed by atoms with E-state index in [9.17, 15) is 9.59 Å². The monoisotopic (exact) mass is 491 g/mol. The second kappa shape index (κ2) is 9.63. The Morgan fingerprint density at radius 2 is 1.78 bits per heavy atom. The average molecular weight is 492 g/mol. The van der Waals surface area contributed by atoms with Crippen LogP contribution in [0.1, 0.15) is 107 Å². The molecule has 5 nitrogen and oxygen atoms in total. The summed E-state index contributed by atoms with van der Waals surface area (Å²) >= 11 is 0. The summed E-state index contributed by atoms with van der Waals surface area (Å²) in [5.74, 6) is 0.523. The quantitative estimate of drug-likeness (QED) is 0.553. The van der Waals surface area contributed by atoms with Crippen LogP contribution in [0.3, 0.4) is 0 Å². The number of nitrogens with one attached hydrogen (secondary N) is 2. The molecule has 4 aliphatic rings. The van der Waals surface area contributed by atoms with E-state index in [0.29, 0.717) is 41.8 Å². The molecule has 2 N–H and O–H groups in total. The summed E-state index contributed by atoms with van der Waals surface area (Å²) in [6, 6.07) is 7.17. The Balaban J connectivity index is 1.26. The first-order valence-electron chi connectivity index (χ1n) is 14.2. The Bertz CT molecular complexity index is 1030. The van der Waals surface area contributed by atoms with Crippen LogP contribution in [-0.4, -0.2) is 34.8 Å². The van der Waals surface area contributed by atoms with Crippen LogP contribution >= 0.6 is 0 Å². The van der Waals surface area contributed by atoms with E-state index in [2.05, 4.69) is 57.0 Å². The molecule has 5 heteroatoms. The van der Waals surface area contributed by atoms with Crippen LogP contribution in [0.15, 0.2) is 30.5 Å². The highest BCUT2D eigenvalue weighted by molar-refractivity contribution is 6.01. The number of hydrogen-bond acceptors (Lipinski definition) is 3. The molecule has 1 aromatic rings. The maximum Gasteiger partial charge on any atom is 0.255 e. The molecule has 2 amide bonds. The number of hydrogen-bond donors (Lipinski definition) is 2. The number of carbonyl (C=O) groups excluding carboxylic acids is 2. The first kappa shape index (κ1) is 25.5. The van der Waals surface area contributed by atoms with Crippen molar-refractivity contribution in [3.05, 3.63) is 47.2 Å². The van der Waals surface area contributed by atoms with Gasteiger partial charge in [0.15, 0.2) is 0 Å². The Hall–Kier alpha value is -2.14. The van der Waals surface area contributed by atoms with Gasteiger partial charge < -0.3 is 15.5 Å². The lowest BCUT2D eigenvalue weighted by molar-refractivity contribution is -0.126. The van der Waals surface area contributed by atoms with Gasteiger partial charge in [-0.1, -0.05) is 59.2 Å². The third-order valence-corrected chi connectivity index (χ3v) is 9.11. The Kier molecular flexibility index (Phi) is 6.82. The van der Waals surface area contributed by atoms with Gasteiger partial charge in [-0.25, -0.2) is 0 Å². The van der Waals surface area contributed by atoms with E-state index in [1.807, 2.05) is 6.07 Å². The van der Waals surface area contributed by atoms with E-state index in [4.69, 9.17) is 0 Å². The van der Waals surface area contributed by atoms with E-state index in [0.717, 1.165) is 29.7 Å². The molecule has 2 aliphatic heterocycles. The van der Waals surface area contributed by atoms with Gasteiger partial charge in [-0.3, -0.25) is 9.59 Å². The van der Waals surface area contributed by atoms with E-state index < -0.39 is 6.04 Å². The zero-order valence-corrected chi connectivity index (χ0v) is 22.8. The fourth-order valence-electron chi connectivity index (χ4n) is 8.08. The minimum Gasteiger partial charge on any atom is -0.329 e. The fraction of sp³-hybridized carbons (Fsp3) is 0.677. The standard InChI is InChI=1S/C31H45N3O2/c1-20-10-13-27(28(35)32-20)34-18-23-15-21(11-12-25(23)29(34)36)14-22-8-6-7-9-26(22)33-24-16-30(2,3)19-31(4,5)17-24/h11-12,15,22,24,26-27,33H,1,6-10,13-14,16-19H2,2-5H3,(H,32,35)/t22-,26+,27?/m1/s1. The molecule has 1 aromatic carbocycles. The van der Waals surface area contributed by atoms with Crippen molar-refractivity contribution in [2.45, 2.75) is 117 Å². The van der Waals surface area contributed by atoms with Gasteiger partial charge in [-0.05, 0) is 85.3 Å². The molecule has 5 rings (SSSR count). The van der Waals surface area contributed by atoms with E-state index >= 15 is 0 Å². The van der Waals surface area contributed by atoms with Crippen LogP contribution < -0.4 is 10.6 Å². The molecule has 0 aromatic heterocycles. The zero-order valence-electron chi connectivity index (χ0n) is 22.8. The maximum absolute atomic E-state index is 13.1. The van der Waals surface area contributed by atoms with Gasteiger partial charge in [-0.2, -0.15) is 0 Å². The number of piperidine rings is 1. The van der Waals surface area contributed by atoms with Gasteiger partial charge in [0.05, 0.1) is 0 Å². The highest BCUT2D eigenvalue weighted by atomic mass is 16.2. The lowest BCUT2D eigenvalue weighted by atomic mass is 9.63. The number of carbonyl (C=O) groups is 2. The highest BCUT2D eigenvalue weighted by Gasteiger charge is 2.41. The van der Waals surface area contributed by atoms with Crippen molar-refractivity contribution in [1.29, 1.82) is 0 Å². The number of amides is 2. The third-order valence-electron chi connectivity index (χ3n) is 9.11. The van der Waals surface area contributed by atoms with Crippen LogP contribution in [-0.2, 0) is 17.8 Å². The van der Waals surface area contributed by atoms with Crippen molar-refractivity contribution in [1.82, 2.24) is 15.5 Å². The topological polar surface area (TPSA) is 61.4 Å². The lowest BCUT2D eigenvalue weighted by Crippen LogP contribution is -2.50. The predicted molar refractivity (Wildman–Crippen MR) is 144 cm³/mol. The lowest BCUT2D eigenvalue weighted by Gasteiger charge is -2.47. The molecule has 0 spiro atoms. The molecule has 2 saturated carbocycles. The van der Waals surface area contributed by atoms with Crippen LogP contribution in [0.5, 0.6) is 0 Å². The molecule has 1 unspecified atom stereocenters. The molecule has 2 heterocycles.